The first-order valence-electron chi connectivity index (χ1n) is 11.1. The highest BCUT2D eigenvalue weighted by Crippen LogP contribution is 2.38. The average Bonchev–Trinajstić information content (AvgIpc) is 3.29. The lowest BCUT2D eigenvalue weighted by molar-refractivity contribution is 0.204. The number of benzene rings is 2. The fourth-order valence-electron chi connectivity index (χ4n) is 3.90. The Morgan fingerprint density at radius 2 is 1.97 bits per heavy atom. The molecule has 1 atom stereocenters. The highest BCUT2D eigenvalue weighted by Gasteiger charge is 2.35. The van der Waals surface area contributed by atoms with E-state index < -0.39 is 6.04 Å². The van der Waals surface area contributed by atoms with Crippen molar-refractivity contribution in [1.29, 1.82) is 0 Å². The minimum Gasteiger partial charge on any atom is -0.494 e. The summed E-state index contributed by atoms with van der Waals surface area (Å²) >= 11 is 6.25. The van der Waals surface area contributed by atoms with E-state index in [4.69, 9.17) is 20.9 Å². The van der Waals surface area contributed by atoms with Gasteiger partial charge >= 0.3 is 6.03 Å². The molecule has 4 rings (SSSR count). The molecule has 2 amide bonds. The van der Waals surface area contributed by atoms with Crippen molar-refractivity contribution in [3.8, 4) is 17.1 Å². The van der Waals surface area contributed by atoms with Gasteiger partial charge in [-0.1, -0.05) is 42.2 Å². The summed E-state index contributed by atoms with van der Waals surface area (Å²) in [6.45, 7) is 7.17. The molecule has 0 saturated heterocycles. The molecule has 8 heteroatoms. The van der Waals surface area contributed by atoms with Crippen molar-refractivity contribution in [2.24, 2.45) is 0 Å². The zero-order chi connectivity index (χ0) is 23.4. The first-order chi connectivity index (χ1) is 16.0. The summed E-state index contributed by atoms with van der Waals surface area (Å²) in [5, 5.41) is 7.89. The third-order valence-electron chi connectivity index (χ3n) is 5.59. The molecular formula is C25H27ClN4O3. The maximum absolute atomic E-state index is 12.9. The third-order valence-corrected chi connectivity index (χ3v) is 5.83. The number of unbranched alkanes of at least 4 members (excludes halogenated alkanes) is 1. The van der Waals surface area contributed by atoms with Crippen LogP contribution >= 0.6 is 11.6 Å². The fraction of sp³-hybridized carbons (Fsp3) is 0.320. The molecule has 3 aromatic rings. The molecule has 2 aromatic carbocycles. The Morgan fingerprint density at radius 1 is 1.18 bits per heavy atom. The Bertz CT molecular complexity index is 1160. The molecule has 1 aliphatic rings. The van der Waals surface area contributed by atoms with Gasteiger partial charge in [-0.2, -0.15) is 4.98 Å². The molecule has 0 aliphatic carbocycles. The molecule has 172 valence electrons. The summed E-state index contributed by atoms with van der Waals surface area (Å²) in [5.74, 6) is 1.61. The standard InChI is InChI=1S/C25H27ClN4O3/c1-4-6-14-30-16(3)21(22(27-25(30)31)18-8-7-9-19(26)15-18)24-28-23(29-33-24)17-10-12-20(13-11-17)32-5-2/h7-13,15,22H,4-6,14H2,1-3H3,(H,27,31). The molecule has 1 N–H and O–H groups in total. The quantitative estimate of drug-likeness (QED) is 0.434. The van der Waals surface area contributed by atoms with Crippen LogP contribution in [0.3, 0.4) is 0 Å². The molecule has 0 saturated carbocycles. The lowest BCUT2D eigenvalue weighted by Gasteiger charge is -2.35. The second-order valence-electron chi connectivity index (χ2n) is 7.82. The van der Waals surface area contributed by atoms with Crippen LogP contribution in [-0.4, -0.2) is 34.2 Å². The smallest absolute Gasteiger partial charge is 0.322 e. The maximum Gasteiger partial charge on any atom is 0.322 e. The van der Waals surface area contributed by atoms with Gasteiger partial charge in [-0.25, -0.2) is 4.79 Å². The number of aromatic nitrogens is 2. The summed E-state index contributed by atoms with van der Waals surface area (Å²) in [6.07, 6.45) is 1.87. The van der Waals surface area contributed by atoms with Crippen LogP contribution in [0, 0.1) is 0 Å². The number of ether oxygens (including phenoxy) is 1. The highest BCUT2D eigenvalue weighted by molar-refractivity contribution is 6.30. The highest BCUT2D eigenvalue weighted by atomic mass is 35.5. The van der Waals surface area contributed by atoms with Gasteiger partial charge in [-0.05, 0) is 62.2 Å². The second kappa shape index (κ2) is 10.1. The third kappa shape index (κ3) is 4.88. The van der Waals surface area contributed by atoms with Crippen LogP contribution in [0.5, 0.6) is 5.75 Å². The van der Waals surface area contributed by atoms with Crippen molar-refractivity contribution in [3.63, 3.8) is 0 Å². The number of allylic oxidation sites excluding steroid dienone is 1. The SMILES string of the molecule is CCCCN1C(=O)NC(c2cccc(Cl)c2)C(c2nc(-c3ccc(OCC)cc3)no2)=C1C. The lowest BCUT2D eigenvalue weighted by Crippen LogP contribution is -2.46. The Balaban J connectivity index is 1.75. The van der Waals surface area contributed by atoms with E-state index in [0.717, 1.165) is 41.0 Å². The maximum atomic E-state index is 12.9. The fourth-order valence-corrected chi connectivity index (χ4v) is 4.10. The molecule has 1 aromatic heterocycles. The van der Waals surface area contributed by atoms with Gasteiger partial charge < -0.3 is 14.6 Å². The molecule has 0 bridgehead atoms. The summed E-state index contributed by atoms with van der Waals surface area (Å²) in [4.78, 5) is 19.4. The van der Waals surface area contributed by atoms with E-state index in [2.05, 4.69) is 22.4 Å². The van der Waals surface area contributed by atoms with Crippen LogP contribution in [0.25, 0.3) is 17.0 Å². The van der Waals surface area contributed by atoms with E-state index in [9.17, 15) is 4.79 Å². The minimum atomic E-state index is -0.456. The van der Waals surface area contributed by atoms with Crippen molar-refractivity contribution in [1.82, 2.24) is 20.4 Å². The minimum absolute atomic E-state index is 0.152. The Kier molecular flexibility index (Phi) is 6.99. The van der Waals surface area contributed by atoms with Crippen LogP contribution in [0.1, 0.15) is 51.1 Å². The van der Waals surface area contributed by atoms with Crippen LogP contribution < -0.4 is 10.1 Å². The molecule has 0 radical (unpaired) electrons. The van der Waals surface area contributed by atoms with Gasteiger partial charge in [-0.15, -0.1) is 0 Å². The number of halogens is 1. The van der Waals surface area contributed by atoms with Crippen LogP contribution in [-0.2, 0) is 0 Å². The van der Waals surface area contributed by atoms with Gasteiger partial charge in [0.1, 0.15) is 5.75 Å². The summed E-state index contributed by atoms with van der Waals surface area (Å²) in [7, 11) is 0. The zero-order valence-electron chi connectivity index (χ0n) is 19.0. The van der Waals surface area contributed by atoms with Gasteiger partial charge in [-0.3, -0.25) is 4.90 Å². The first-order valence-corrected chi connectivity index (χ1v) is 11.5. The van der Waals surface area contributed by atoms with E-state index >= 15 is 0 Å². The monoisotopic (exact) mass is 466 g/mol. The number of carbonyl (C=O) groups is 1. The number of rotatable bonds is 8. The second-order valence-corrected chi connectivity index (χ2v) is 8.26. The van der Waals surface area contributed by atoms with Crippen molar-refractivity contribution < 1.29 is 14.1 Å². The van der Waals surface area contributed by atoms with Crippen molar-refractivity contribution >= 4 is 23.2 Å². The molecule has 0 fully saturated rings. The molecule has 1 unspecified atom stereocenters. The largest absolute Gasteiger partial charge is 0.494 e. The molecular weight excluding hydrogens is 440 g/mol. The number of nitrogens with zero attached hydrogens (tertiary/aromatic N) is 3. The Hall–Kier alpha value is -3.32. The van der Waals surface area contributed by atoms with Gasteiger partial charge in [0.2, 0.25) is 5.82 Å². The number of hydrogen-bond acceptors (Lipinski definition) is 5. The summed E-state index contributed by atoms with van der Waals surface area (Å²) in [6, 6.07) is 14.4. The average molecular weight is 467 g/mol. The van der Waals surface area contributed by atoms with Gasteiger partial charge in [0.15, 0.2) is 0 Å². The number of carbonyl (C=O) groups excluding carboxylic acids is 1. The first kappa shape index (κ1) is 22.9. The van der Waals surface area contributed by atoms with E-state index in [1.54, 1.807) is 11.0 Å². The normalized spacial score (nSPS) is 16.2. The molecule has 1 aliphatic heterocycles. The van der Waals surface area contributed by atoms with Gasteiger partial charge in [0.25, 0.3) is 5.89 Å². The molecule has 7 nitrogen and oxygen atoms in total. The Morgan fingerprint density at radius 3 is 2.67 bits per heavy atom. The van der Waals surface area contributed by atoms with Crippen LogP contribution in [0.2, 0.25) is 5.02 Å². The lowest BCUT2D eigenvalue weighted by atomic mass is 9.94. The summed E-state index contributed by atoms with van der Waals surface area (Å²) in [5.41, 5.74) is 3.21. The predicted molar refractivity (Wildman–Crippen MR) is 128 cm³/mol. The number of urea groups is 1. The topological polar surface area (TPSA) is 80.5 Å². The van der Waals surface area contributed by atoms with Gasteiger partial charge in [0, 0.05) is 22.8 Å². The van der Waals surface area contributed by atoms with Crippen molar-refractivity contribution in [2.75, 3.05) is 13.2 Å². The number of hydrogen-bond donors (Lipinski definition) is 1. The van der Waals surface area contributed by atoms with E-state index in [1.165, 1.54) is 0 Å². The summed E-state index contributed by atoms with van der Waals surface area (Å²) < 4.78 is 11.2. The number of nitrogens with one attached hydrogen (secondary N) is 1. The van der Waals surface area contributed by atoms with Crippen LogP contribution in [0.15, 0.2) is 58.8 Å². The van der Waals surface area contributed by atoms with E-state index in [1.807, 2.05) is 56.3 Å². The molecule has 33 heavy (non-hydrogen) atoms. The molecule has 0 spiro atoms. The predicted octanol–water partition coefficient (Wildman–Crippen LogP) is 6.09. The molecule has 2 heterocycles. The van der Waals surface area contributed by atoms with E-state index in [-0.39, 0.29) is 6.03 Å². The van der Waals surface area contributed by atoms with Crippen molar-refractivity contribution in [2.45, 2.75) is 39.7 Å². The van der Waals surface area contributed by atoms with E-state index in [0.29, 0.717) is 29.9 Å². The van der Waals surface area contributed by atoms with Crippen molar-refractivity contribution in [3.05, 3.63) is 70.7 Å². The Labute approximate surface area is 198 Å². The number of amides is 2. The van der Waals surface area contributed by atoms with Crippen LogP contribution in [0.4, 0.5) is 4.79 Å². The zero-order valence-corrected chi connectivity index (χ0v) is 19.7. The van der Waals surface area contributed by atoms with Gasteiger partial charge in [0.05, 0.1) is 18.2 Å².